The Morgan fingerprint density at radius 2 is 2.06 bits per heavy atom. The smallest absolute Gasteiger partial charge is 0.251 e. The average molecular weight is 263 g/mol. The lowest BCUT2D eigenvalue weighted by molar-refractivity contribution is 0.393. The van der Waals surface area contributed by atoms with Gasteiger partial charge < -0.3 is 4.52 Å². The largest absolute Gasteiger partial charge is 0.328 e. The van der Waals surface area contributed by atoms with Crippen LogP contribution in [0, 0.1) is 16.7 Å². The Hall–Kier alpha value is -1.10. The minimum Gasteiger partial charge on any atom is -0.328 e. The highest BCUT2D eigenvalue weighted by atomic mass is 31.2. The van der Waals surface area contributed by atoms with Gasteiger partial charge in [0.1, 0.15) is 5.16 Å². The van der Waals surface area contributed by atoms with Crippen LogP contribution in [0.2, 0.25) is 0 Å². The molecule has 3 nitrogen and oxygen atoms in total. The first-order valence-corrected chi connectivity index (χ1v) is 7.68. The van der Waals surface area contributed by atoms with Crippen LogP contribution < -0.4 is 0 Å². The zero-order valence-electron chi connectivity index (χ0n) is 11.0. The number of nitriles is 1. The maximum absolute atomic E-state index is 13.1. The molecule has 1 atom stereocenters. The number of allylic oxidation sites excluding steroid dienone is 6. The summed E-state index contributed by atoms with van der Waals surface area (Å²) in [5, 5.41) is 9.16. The van der Waals surface area contributed by atoms with E-state index in [-0.39, 0.29) is 5.41 Å². The van der Waals surface area contributed by atoms with Crippen molar-refractivity contribution in [3.05, 3.63) is 35.7 Å². The second-order valence-corrected chi connectivity index (χ2v) is 8.33. The van der Waals surface area contributed by atoms with Gasteiger partial charge in [-0.2, -0.15) is 5.26 Å². The van der Waals surface area contributed by atoms with E-state index in [0.717, 1.165) is 0 Å². The SMILES string of the molecule is COP(=O)(C1=CC(C)(C)C=CC=C1)C1(C#N)CC1. The lowest BCUT2D eigenvalue weighted by Crippen LogP contribution is -2.11. The first kappa shape index (κ1) is 13.3. The summed E-state index contributed by atoms with van der Waals surface area (Å²) in [6.45, 7) is 4.09. The van der Waals surface area contributed by atoms with E-state index in [9.17, 15) is 9.83 Å². The summed E-state index contributed by atoms with van der Waals surface area (Å²) in [4.78, 5) is 0. The van der Waals surface area contributed by atoms with Gasteiger partial charge in [0.25, 0.3) is 7.37 Å². The second kappa shape index (κ2) is 4.23. The van der Waals surface area contributed by atoms with E-state index in [1.54, 1.807) is 0 Å². The van der Waals surface area contributed by atoms with Crippen molar-refractivity contribution in [1.82, 2.24) is 0 Å². The van der Waals surface area contributed by atoms with Crippen LogP contribution in [-0.2, 0) is 9.09 Å². The predicted molar refractivity (Wildman–Crippen MR) is 72.3 cm³/mol. The van der Waals surface area contributed by atoms with Gasteiger partial charge >= 0.3 is 0 Å². The number of nitrogens with zero attached hydrogens (tertiary/aromatic N) is 1. The fourth-order valence-electron chi connectivity index (χ4n) is 2.24. The summed E-state index contributed by atoms with van der Waals surface area (Å²) < 4.78 is 18.4. The second-order valence-electron chi connectivity index (χ2n) is 5.49. The summed E-state index contributed by atoms with van der Waals surface area (Å²) in [7, 11) is -1.66. The summed E-state index contributed by atoms with van der Waals surface area (Å²) >= 11 is 0. The lowest BCUT2D eigenvalue weighted by Gasteiger charge is -2.24. The van der Waals surface area contributed by atoms with Crippen LogP contribution in [0.5, 0.6) is 0 Å². The average Bonchev–Trinajstić information content (AvgIpc) is 3.13. The van der Waals surface area contributed by atoms with E-state index in [1.165, 1.54) is 7.11 Å². The number of rotatable bonds is 3. The number of hydrogen-bond donors (Lipinski definition) is 0. The van der Waals surface area contributed by atoms with E-state index in [1.807, 2.05) is 44.2 Å². The molecule has 0 aromatic rings. The van der Waals surface area contributed by atoms with Gasteiger partial charge in [-0.1, -0.05) is 38.2 Å². The van der Waals surface area contributed by atoms with Crippen LogP contribution >= 0.6 is 7.37 Å². The topological polar surface area (TPSA) is 50.1 Å². The molecule has 0 aromatic carbocycles. The van der Waals surface area contributed by atoms with E-state index in [4.69, 9.17) is 4.52 Å². The molecule has 2 aliphatic rings. The minimum absolute atomic E-state index is 0.182. The molecule has 0 spiro atoms. The van der Waals surface area contributed by atoms with Gasteiger partial charge in [-0.15, -0.1) is 0 Å². The van der Waals surface area contributed by atoms with Gasteiger partial charge in [0.2, 0.25) is 0 Å². The first-order valence-electron chi connectivity index (χ1n) is 6.06. The molecule has 2 rings (SSSR count). The molecule has 0 saturated heterocycles. The molecule has 1 fully saturated rings. The van der Waals surface area contributed by atoms with Crippen LogP contribution in [0.1, 0.15) is 26.7 Å². The highest BCUT2D eigenvalue weighted by molar-refractivity contribution is 7.66. The Morgan fingerprint density at radius 1 is 1.39 bits per heavy atom. The van der Waals surface area contributed by atoms with E-state index in [0.29, 0.717) is 18.2 Å². The Balaban J connectivity index is 2.50. The van der Waals surface area contributed by atoms with Gasteiger partial charge in [-0.05, 0) is 18.9 Å². The quantitative estimate of drug-likeness (QED) is 0.723. The van der Waals surface area contributed by atoms with Crippen molar-refractivity contribution in [1.29, 1.82) is 5.26 Å². The Morgan fingerprint density at radius 3 is 2.56 bits per heavy atom. The molecular weight excluding hydrogens is 245 g/mol. The van der Waals surface area contributed by atoms with Crippen molar-refractivity contribution in [2.75, 3.05) is 7.11 Å². The standard InChI is InChI=1S/C14H18NO2P/c1-13(2)7-5-4-6-12(10-13)18(16,17-3)14(11-15)8-9-14/h4-7,10H,8-9H2,1-3H3. The molecule has 4 heteroatoms. The van der Waals surface area contributed by atoms with Crippen LogP contribution in [0.3, 0.4) is 0 Å². The molecule has 1 unspecified atom stereocenters. The molecule has 0 aliphatic heterocycles. The first-order chi connectivity index (χ1) is 8.39. The predicted octanol–water partition coefficient (Wildman–Crippen LogP) is 4.00. The third-order valence-corrected chi connectivity index (χ3v) is 6.66. The summed E-state index contributed by atoms with van der Waals surface area (Å²) in [6, 6.07) is 2.21. The third-order valence-electron chi connectivity index (χ3n) is 3.52. The Kier molecular flexibility index (Phi) is 3.13. The molecule has 0 bridgehead atoms. The van der Waals surface area contributed by atoms with E-state index < -0.39 is 12.5 Å². The molecule has 0 N–H and O–H groups in total. The van der Waals surface area contributed by atoms with Crippen LogP contribution in [0.25, 0.3) is 0 Å². The molecule has 18 heavy (non-hydrogen) atoms. The molecule has 0 aromatic heterocycles. The van der Waals surface area contributed by atoms with Crippen molar-refractivity contribution >= 4 is 7.37 Å². The maximum Gasteiger partial charge on any atom is 0.251 e. The van der Waals surface area contributed by atoms with Crippen molar-refractivity contribution in [3.63, 3.8) is 0 Å². The molecule has 1 saturated carbocycles. The Bertz CT molecular complexity index is 530. The summed E-state index contributed by atoms with van der Waals surface area (Å²) in [6.07, 6.45) is 10.9. The molecular formula is C14H18NO2P. The van der Waals surface area contributed by atoms with Gasteiger partial charge in [-0.3, -0.25) is 4.57 Å². The molecule has 0 radical (unpaired) electrons. The van der Waals surface area contributed by atoms with Crippen molar-refractivity contribution in [3.8, 4) is 6.07 Å². The van der Waals surface area contributed by atoms with Crippen molar-refractivity contribution in [2.24, 2.45) is 5.41 Å². The van der Waals surface area contributed by atoms with Gasteiger partial charge in [0.15, 0.2) is 0 Å². The summed E-state index contributed by atoms with van der Waals surface area (Å²) in [5.41, 5.74) is -0.182. The van der Waals surface area contributed by atoms with Crippen LogP contribution in [0.4, 0.5) is 0 Å². The van der Waals surface area contributed by atoms with Gasteiger partial charge in [-0.25, -0.2) is 0 Å². The van der Waals surface area contributed by atoms with Gasteiger partial charge in [0, 0.05) is 17.8 Å². The van der Waals surface area contributed by atoms with E-state index in [2.05, 4.69) is 6.07 Å². The molecule has 0 heterocycles. The highest BCUT2D eigenvalue weighted by Crippen LogP contribution is 2.74. The fraction of sp³-hybridized carbons (Fsp3) is 0.500. The fourth-order valence-corrected chi connectivity index (χ4v) is 4.91. The summed E-state index contributed by atoms with van der Waals surface area (Å²) in [5.74, 6) is 0. The molecule has 0 amide bonds. The van der Waals surface area contributed by atoms with E-state index >= 15 is 0 Å². The maximum atomic E-state index is 13.1. The molecule has 96 valence electrons. The van der Waals surface area contributed by atoms with Crippen molar-refractivity contribution in [2.45, 2.75) is 31.8 Å². The number of hydrogen-bond acceptors (Lipinski definition) is 3. The zero-order valence-corrected chi connectivity index (χ0v) is 11.9. The Labute approximate surface area is 108 Å². The highest BCUT2D eigenvalue weighted by Gasteiger charge is 2.60. The third kappa shape index (κ3) is 2.00. The normalized spacial score (nSPS) is 26.7. The van der Waals surface area contributed by atoms with Crippen LogP contribution in [0.15, 0.2) is 35.7 Å². The van der Waals surface area contributed by atoms with Crippen LogP contribution in [-0.4, -0.2) is 12.3 Å². The van der Waals surface area contributed by atoms with Gasteiger partial charge in [0.05, 0.1) is 6.07 Å². The lowest BCUT2D eigenvalue weighted by atomic mass is 9.93. The van der Waals surface area contributed by atoms with Crippen molar-refractivity contribution < 1.29 is 9.09 Å². The molecule has 2 aliphatic carbocycles. The zero-order chi connectivity index (χ0) is 13.4. The monoisotopic (exact) mass is 263 g/mol. The minimum atomic E-state index is -3.10.